The van der Waals surface area contributed by atoms with Crippen molar-refractivity contribution in [3.63, 3.8) is 0 Å². The molecule has 0 aliphatic heterocycles. The first-order valence-corrected chi connectivity index (χ1v) is 5.87. The monoisotopic (exact) mass is 266 g/mol. The second kappa shape index (κ2) is 5.25. The van der Waals surface area contributed by atoms with Gasteiger partial charge in [-0.15, -0.1) is 0 Å². The van der Waals surface area contributed by atoms with Crippen LogP contribution in [-0.2, 0) is 0 Å². The summed E-state index contributed by atoms with van der Waals surface area (Å²) in [6.07, 6.45) is 3.25. The highest BCUT2D eigenvalue weighted by Crippen LogP contribution is 2.15. The van der Waals surface area contributed by atoms with Crippen LogP contribution < -0.4 is 5.32 Å². The number of hydrogen-bond donors (Lipinski definition) is 1. The van der Waals surface area contributed by atoms with E-state index < -0.39 is 0 Å². The molecule has 1 aromatic heterocycles. The van der Waals surface area contributed by atoms with Crippen LogP contribution in [0, 0.1) is 0 Å². The fraction of sp³-hybridized carbons (Fsp3) is 0.182. The van der Waals surface area contributed by atoms with Gasteiger partial charge in [-0.1, -0.05) is 23.8 Å². The molecule has 1 atom stereocenters. The Hall–Kier alpha value is -1.46. The third-order valence-electron chi connectivity index (χ3n) is 2.27. The molecule has 0 saturated heterocycles. The van der Waals surface area contributed by atoms with Crippen molar-refractivity contribution in [1.29, 1.82) is 0 Å². The minimum atomic E-state index is -0.0873. The molecular formula is C11H11ClN4S. The number of aromatic nitrogens is 3. The Morgan fingerprint density at radius 2 is 1.88 bits per heavy atom. The number of hydrogen-bond acceptors (Lipinski definition) is 3. The Kier molecular flexibility index (Phi) is 3.71. The number of benzene rings is 1. The lowest BCUT2D eigenvalue weighted by Gasteiger charge is -2.14. The summed E-state index contributed by atoms with van der Waals surface area (Å²) in [5.74, 6) is 0. The SMILES string of the molecule is CC(C(=S)Nc1ccc(Cl)cc1)n1nccn1. The van der Waals surface area contributed by atoms with E-state index in [0.29, 0.717) is 10.0 Å². The molecule has 0 bridgehead atoms. The zero-order chi connectivity index (χ0) is 12.3. The van der Waals surface area contributed by atoms with E-state index in [0.717, 1.165) is 5.69 Å². The number of rotatable bonds is 3. The van der Waals surface area contributed by atoms with Gasteiger partial charge in [0.1, 0.15) is 11.0 Å². The van der Waals surface area contributed by atoms with Crippen molar-refractivity contribution in [2.75, 3.05) is 5.32 Å². The lowest BCUT2D eigenvalue weighted by Crippen LogP contribution is -2.23. The zero-order valence-electron chi connectivity index (χ0n) is 9.17. The zero-order valence-corrected chi connectivity index (χ0v) is 10.7. The fourth-order valence-electron chi connectivity index (χ4n) is 1.31. The van der Waals surface area contributed by atoms with E-state index in [1.807, 2.05) is 31.2 Å². The van der Waals surface area contributed by atoms with Gasteiger partial charge >= 0.3 is 0 Å². The normalized spacial score (nSPS) is 12.1. The minimum Gasteiger partial charge on any atom is -0.348 e. The summed E-state index contributed by atoms with van der Waals surface area (Å²) < 4.78 is 0. The van der Waals surface area contributed by atoms with E-state index in [4.69, 9.17) is 23.8 Å². The third kappa shape index (κ3) is 3.01. The average Bonchev–Trinajstić information content (AvgIpc) is 2.84. The highest BCUT2D eigenvalue weighted by atomic mass is 35.5. The summed E-state index contributed by atoms with van der Waals surface area (Å²) in [5, 5.41) is 11.9. The van der Waals surface area contributed by atoms with Crippen molar-refractivity contribution in [3.8, 4) is 0 Å². The van der Waals surface area contributed by atoms with Crippen LogP contribution in [0.4, 0.5) is 5.69 Å². The van der Waals surface area contributed by atoms with Crippen molar-refractivity contribution in [2.45, 2.75) is 13.0 Å². The number of nitrogens with one attached hydrogen (secondary N) is 1. The van der Waals surface area contributed by atoms with E-state index in [1.165, 1.54) is 0 Å². The molecule has 0 aliphatic carbocycles. The maximum absolute atomic E-state index is 5.81. The van der Waals surface area contributed by atoms with Crippen molar-refractivity contribution < 1.29 is 0 Å². The van der Waals surface area contributed by atoms with Crippen LogP contribution in [0.15, 0.2) is 36.7 Å². The molecule has 1 aromatic carbocycles. The molecule has 0 radical (unpaired) electrons. The van der Waals surface area contributed by atoms with Crippen LogP contribution in [0.5, 0.6) is 0 Å². The Bertz CT molecular complexity index is 495. The van der Waals surface area contributed by atoms with Crippen LogP contribution in [0.1, 0.15) is 13.0 Å². The van der Waals surface area contributed by atoms with E-state index >= 15 is 0 Å². The number of anilines is 1. The van der Waals surface area contributed by atoms with Crippen LogP contribution in [0.2, 0.25) is 5.02 Å². The first-order chi connectivity index (χ1) is 8.16. The van der Waals surface area contributed by atoms with E-state index in [-0.39, 0.29) is 6.04 Å². The molecule has 2 aromatic rings. The van der Waals surface area contributed by atoms with Crippen molar-refractivity contribution in [2.24, 2.45) is 0 Å². The quantitative estimate of drug-likeness (QED) is 0.868. The molecule has 2 rings (SSSR count). The molecule has 0 fully saturated rings. The van der Waals surface area contributed by atoms with Gasteiger partial charge in [0, 0.05) is 10.7 Å². The summed E-state index contributed by atoms with van der Waals surface area (Å²) in [5.41, 5.74) is 0.901. The smallest absolute Gasteiger partial charge is 0.119 e. The van der Waals surface area contributed by atoms with Gasteiger partial charge in [0.25, 0.3) is 0 Å². The molecule has 0 saturated carbocycles. The summed E-state index contributed by atoms with van der Waals surface area (Å²) in [4.78, 5) is 2.22. The number of halogens is 1. The van der Waals surface area contributed by atoms with E-state index in [1.54, 1.807) is 17.2 Å². The van der Waals surface area contributed by atoms with Gasteiger partial charge in [-0.3, -0.25) is 0 Å². The van der Waals surface area contributed by atoms with Crippen LogP contribution >= 0.6 is 23.8 Å². The topological polar surface area (TPSA) is 42.7 Å². The van der Waals surface area contributed by atoms with E-state index in [2.05, 4.69) is 15.5 Å². The third-order valence-corrected chi connectivity index (χ3v) is 2.97. The number of thiocarbonyl (C=S) groups is 1. The Morgan fingerprint density at radius 3 is 2.47 bits per heavy atom. The molecule has 1 unspecified atom stereocenters. The van der Waals surface area contributed by atoms with Crippen LogP contribution in [0.25, 0.3) is 0 Å². The molecule has 4 nitrogen and oxygen atoms in total. The minimum absolute atomic E-state index is 0.0873. The van der Waals surface area contributed by atoms with Gasteiger partial charge < -0.3 is 5.32 Å². The first kappa shape index (κ1) is 12.0. The molecule has 1 N–H and O–H groups in total. The molecule has 17 heavy (non-hydrogen) atoms. The lowest BCUT2D eigenvalue weighted by atomic mass is 10.3. The highest BCUT2D eigenvalue weighted by molar-refractivity contribution is 7.80. The molecule has 0 amide bonds. The predicted octanol–water partition coefficient (Wildman–Crippen LogP) is 2.93. The average molecular weight is 267 g/mol. The maximum Gasteiger partial charge on any atom is 0.119 e. The van der Waals surface area contributed by atoms with Gasteiger partial charge in [0.15, 0.2) is 0 Å². The second-order valence-electron chi connectivity index (χ2n) is 3.52. The molecule has 6 heteroatoms. The van der Waals surface area contributed by atoms with Gasteiger partial charge in [0.2, 0.25) is 0 Å². The molecular weight excluding hydrogens is 256 g/mol. The van der Waals surface area contributed by atoms with Gasteiger partial charge in [-0.2, -0.15) is 15.0 Å². The molecule has 0 spiro atoms. The largest absolute Gasteiger partial charge is 0.348 e. The summed E-state index contributed by atoms with van der Waals surface area (Å²) in [6, 6.07) is 7.28. The summed E-state index contributed by atoms with van der Waals surface area (Å²) >= 11 is 11.1. The summed E-state index contributed by atoms with van der Waals surface area (Å²) in [6.45, 7) is 1.94. The standard InChI is InChI=1S/C11H11ClN4S/c1-8(16-13-6-7-14-16)11(17)15-10-4-2-9(12)3-5-10/h2-8H,1H3,(H,15,17). The first-order valence-electron chi connectivity index (χ1n) is 5.09. The van der Waals surface area contributed by atoms with E-state index in [9.17, 15) is 0 Å². The van der Waals surface area contributed by atoms with Gasteiger partial charge in [0.05, 0.1) is 12.4 Å². The maximum atomic E-state index is 5.81. The van der Waals surface area contributed by atoms with Gasteiger partial charge in [-0.25, -0.2) is 0 Å². The van der Waals surface area contributed by atoms with Crippen molar-refractivity contribution in [3.05, 3.63) is 41.7 Å². The highest BCUT2D eigenvalue weighted by Gasteiger charge is 2.11. The Labute approximate surface area is 110 Å². The fourth-order valence-corrected chi connectivity index (χ4v) is 1.65. The van der Waals surface area contributed by atoms with Crippen LogP contribution in [-0.4, -0.2) is 20.0 Å². The molecule has 0 aliphatic rings. The lowest BCUT2D eigenvalue weighted by molar-refractivity contribution is 0.532. The second-order valence-corrected chi connectivity index (χ2v) is 4.40. The van der Waals surface area contributed by atoms with Gasteiger partial charge in [-0.05, 0) is 31.2 Å². The van der Waals surface area contributed by atoms with Crippen molar-refractivity contribution >= 4 is 34.5 Å². The molecule has 88 valence electrons. The summed E-state index contributed by atoms with van der Waals surface area (Å²) in [7, 11) is 0. The van der Waals surface area contributed by atoms with Crippen LogP contribution in [0.3, 0.4) is 0 Å². The Morgan fingerprint density at radius 1 is 1.29 bits per heavy atom. The number of nitrogens with zero attached hydrogens (tertiary/aromatic N) is 3. The molecule has 1 heterocycles. The Balaban J connectivity index is 2.04. The predicted molar refractivity (Wildman–Crippen MR) is 72.4 cm³/mol. The van der Waals surface area contributed by atoms with Crippen molar-refractivity contribution in [1.82, 2.24) is 15.0 Å².